The van der Waals surface area contributed by atoms with Crippen LogP contribution >= 0.6 is 0 Å². The average molecular weight is 161 g/mol. The van der Waals surface area contributed by atoms with Crippen molar-refractivity contribution in [2.45, 2.75) is 26.7 Å². The summed E-state index contributed by atoms with van der Waals surface area (Å²) < 4.78 is 0. The summed E-state index contributed by atoms with van der Waals surface area (Å²) in [5.41, 5.74) is 2.76. The van der Waals surface area contributed by atoms with Gasteiger partial charge in [-0.1, -0.05) is 43.7 Å². The summed E-state index contributed by atoms with van der Waals surface area (Å²) in [6, 6.07) is 8.71. The molecule has 0 aliphatic heterocycles. The van der Waals surface area contributed by atoms with Crippen LogP contribution in [-0.2, 0) is 0 Å². The molecular formula is C10H16Mg. The van der Waals surface area contributed by atoms with Crippen molar-refractivity contribution in [2.24, 2.45) is 0 Å². The van der Waals surface area contributed by atoms with E-state index in [0.717, 1.165) is 0 Å². The van der Waals surface area contributed by atoms with Gasteiger partial charge in [-0.25, -0.2) is 0 Å². The van der Waals surface area contributed by atoms with Gasteiger partial charge in [0.25, 0.3) is 0 Å². The summed E-state index contributed by atoms with van der Waals surface area (Å²) in [6.45, 7) is 6.54. The van der Waals surface area contributed by atoms with E-state index in [2.05, 4.69) is 45.0 Å². The number of hydrogen-bond acceptors (Lipinski definition) is 0. The Kier molecular flexibility index (Phi) is 4.78. The van der Waals surface area contributed by atoms with Gasteiger partial charge in [-0.15, -0.1) is 0 Å². The number of benzene rings is 1. The normalized spacial score (nSPS) is 9.45. The zero-order valence-corrected chi connectivity index (χ0v) is 9.01. The second-order valence-electron chi connectivity index (χ2n) is 3.07. The first-order chi connectivity index (χ1) is 4.70. The van der Waals surface area contributed by atoms with Crippen LogP contribution in [0.15, 0.2) is 24.3 Å². The fourth-order valence-corrected chi connectivity index (χ4v) is 0.951. The second-order valence-corrected chi connectivity index (χ2v) is 3.07. The predicted molar refractivity (Wildman–Crippen MR) is 53.2 cm³/mol. The standard InChI is InChI=1S/C10H14.Mg.2H/c1-8(2)10-6-4-9(3)5-7-10;;;/h4-8H,1-3H3;;;/q;+2;2*-1. The maximum Gasteiger partial charge on any atom is 2.00 e. The average Bonchev–Trinajstić information content (AvgIpc) is 1.88. The van der Waals surface area contributed by atoms with Crippen molar-refractivity contribution in [3.05, 3.63) is 35.4 Å². The molecule has 1 rings (SSSR count). The summed E-state index contributed by atoms with van der Waals surface area (Å²) in [7, 11) is 0. The second kappa shape index (κ2) is 4.78. The summed E-state index contributed by atoms with van der Waals surface area (Å²) in [5.74, 6) is 0.653. The van der Waals surface area contributed by atoms with Crippen molar-refractivity contribution in [1.29, 1.82) is 0 Å². The SMILES string of the molecule is Cc1ccc(C(C)C)cc1.[H-].[H-].[Mg+2]. The van der Waals surface area contributed by atoms with Crippen LogP contribution in [0, 0.1) is 6.92 Å². The molecule has 0 saturated heterocycles. The molecule has 0 unspecified atom stereocenters. The summed E-state index contributed by atoms with van der Waals surface area (Å²) >= 11 is 0. The van der Waals surface area contributed by atoms with Gasteiger partial charge >= 0.3 is 23.1 Å². The number of hydrogen-bond donors (Lipinski definition) is 0. The van der Waals surface area contributed by atoms with E-state index in [0.29, 0.717) is 5.92 Å². The van der Waals surface area contributed by atoms with E-state index in [4.69, 9.17) is 0 Å². The molecule has 0 spiro atoms. The topological polar surface area (TPSA) is 0 Å². The molecule has 58 valence electrons. The van der Waals surface area contributed by atoms with Crippen LogP contribution in [0.5, 0.6) is 0 Å². The summed E-state index contributed by atoms with van der Waals surface area (Å²) in [5, 5.41) is 0. The fourth-order valence-electron chi connectivity index (χ4n) is 0.951. The van der Waals surface area contributed by atoms with Gasteiger partial charge in [-0.3, -0.25) is 0 Å². The Hall–Kier alpha value is -0.0138. The molecule has 0 aliphatic carbocycles. The minimum Gasteiger partial charge on any atom is -1.00 e. The van der Waals surface area contributed by atoms with Gasteiger partial charge in [-0.2, -0.15) is 0 Å². The smallest absolute Gasteiger partial charge is 1.00 e. The maximum absolute atomic E-state index is 2.21. The molecule has 0 N–H and O–H groups in total. The Morgan fingerprint density at radius 3 is 1.91 bits per heavy atom. The zero-order valence-electron chi connectivity index (χ0n) is 9.59. The molecule has 0 heterocycles. The summed E-state index contributed by atoms with van der Waals surface area (Å²) in [6.07, 6.45) is 0. The van der Waals surface area contributed by atoms with Crippen LogP contribution in [-0.4, -0.2) is 23.1 Å². The van der Waals surface area contributed by atoms with Gasteiger partial charge in [0.1, 0.15) is 0 Å². The van der Waals surface area contributed by atoms with Crippen molar-refractivity contribution >= 4 is 23.1 Å². The molecule has 0 saturated carbocycles. The maximum atomic E-state index is 2.21. The molecule has 1 heteroatoms. The Morgan fingerprint density at radius 1 is 1.09 bits per heavy atom. The molecule has 0 amide bonds. The molecule has 0 radical (unpaired) electrons. The van der Waals surface area contributed by atoms with Crippen molar-refractivity contribution in [1.82, 2.24) is 0 Å². The van der Waals surface area contributed by atoms with E-state index in [1.165, 1.54) is 11.1 Å². The van der Waals surface area contributed by atoms with E-state index < -0.39 is 0 Å². The van der Waals surface area contributed by atoms with Crippen LogP contribution in [0.1, 0.15) is 33.7 Å². The Labute approximate surface area is 88.1 Å². The summed E-state index contributed by atoms with van der Waals surface area (Å²) in [4.78, 5) is 0. The minimum atomic E-state index is 0. The quantitative estimate of drug-likeness (QED) is 0.554. The van der Waals surface area contributed by atoms with E-state index in [1.807, 2.05) is 0 Å². The van der Waals surface area contributed by atoms with Crippen LogP contribution in [0.25, 0.3) is 0 Å². The Bertz CT molecular complexity index is 207. The third kappa shape index (κ3) is 3.26. The Balaban J connectivity index is -0.000000333. The third-order valence-electron chi connectivity index (χ3n) is 1.74. The fraction of sp³-hybridized carbons (Fsp3) is 0.400. The molecule has 1 aromatic rings. The molecular weight excluding hydrogens is 144 g/mol. The minimum absolute atomic E-state index is 0. The molecule has 0 bridgehead atoms. The van der Waals surface area contributed by atoms with Gasteiger partial charge in [0.2, 0.25) is 0 Å². The number of aryl methyl sites for hydroxylation is 1. The van der Waals surface area contributed by atoms with Gasteiger partial charge in [-0.05, 0) is 18.4 Å². The van der Waals surface area contributed by atoms with Crippen LogP contribution in [0.4, 0.5) is 0 Å². The molecule has 11 heavy (non-hydrogen) atoms. The largest absolute Gasteiger partial charge is 2.00 e. The van der Waals surface area contributed by atoms with Crippen molar-refractivity contribution in [2.75, 3.05) is 0 Å². The molecule has 0 aliphatic rings. The van der Waals surface area contributed by atoms with Crippen molar-refractivity contribution < 1.29 is 2.85 Å². The molecule has 0 nitrogen and oxygen atoms in total. The molecule has 0 atom stereocenters. The zero-order chi connectivity index (χ0) is 7.56. The monoisotopic (exact) mass is 160 g/mol. The molecule has 0 fully saturated rings. The van der Waals surface area contributed by atoms with Gasteiger partial charge < -0.3 is 2.85 Å². The first-order valence-corrected chi connectivity index (χ1v) is 3.76. The first-order valence-electron chi connectivity index (χ1n) is 3.76. The first kappa shape index (κ1) is 11.0. The van der Waals surface area contributed by atoms with Crippen LogP contribution in [0.3, 0.4) is 0 Å². The molecule has 1 aromatic carbocycles. The molecule has 0 aromatic heterocycles. The van der Waals surface area contributed by atoms with E-state index in [9.17, 15) is 0 Å². The van der Waals surface area contributed by atoms with Crippen molar-refractivity contribution in [3.8, 4) is 0 Å². The number of rotatable bonds is 1. The predicted octanol–water partition coefficient (Wildman–Crippen LogP) is 2.96. The van der Waals surface area contributed by atoms with Gasteiger partial charge in [0.15, 0.2) is 0 Å². The third-order valence-corrected chi connectivity index (χ3v) is 1.74. The van der Waals surface area contributed by atoms with E-state index in [-0.39, 0.29) is 25.9 Å². The van der Waals surface area contributed by atoms with Crippen molar-refractivity contribution in [3.63, 3.8) is 0 Å². The van der Waals surface area contributed by atoms with E-state index in [1.54, 1.807) is 0 Å². The Morgan fingerprint density at radius 2 is 1.55 bits per heavy atom. The van der Waals surface area contributed by atoms with Crippen LogP contribution < -0.4 is 0 Å². The van der Waals surface area contributed by atoms with Crippen LogP contribution in [0.2, 0.25) is 0 Å². The van der Waals surface area contributed by atoms with Gasteiger partial charge in [0.05, 0.1) is 0 Å². The van der Waals surface area contributed by atoms with E-state index >= 15 is 0 Å². The van der Waals surface area contributed by atoms with Gasteiger partial charge in [0, 0.05) is 0 Å².